The van der Waals surface area contributed by atoms with Crippen LogP contribution in [0.25, 0.3) is 87.2 Å². The Labute approximate surface area is 371 Å². The van der Waals surface area contributed by atoms with Crippen LogP contribution >= 0.6 is 0 Å². The first-order valence-corrected chi connectivity index (χ1v) is 22.3. The summed E-state index contributed by atoms with van der Waals surface area (Å²) in [5.41, 5.74) is 33.8. The van der Waals surface area contributed by atoms with Gasteiger partial charge in [-0.25, -0.2) is 0 Å². The highest BCUT2D eigenvalue weighted by Crippen LogP contribution is 2.46. The Kier molecular flexibility index (Phi) is 8.83. The molecule has 0 saturated carbocycles. The molecule has 9 aromatic rings. The second-order valence-electron chi connectivity index (χ2n) is 19.2. The SMILES string of the molecule is Bc1c(B)c2c3c(c1B)c(B)c(B)c1c(B)c(B)c(-c4cc(-c5ccccc5)cc(-c5c(B)c(B)c6c(B)c(B)c7c(B)c(B)c(B)c8c(B)c(B)c5c6c78)c4)c(c13)C2B. The van der Waals surface area contributed by atoms with E-state index < -0.39 is 0 Å². The molecule has 0 bridgehead atoms. The van der Waals surface area contributed by atoms with E-state index in [1.807, 2.05) is 0 Å². The highest BCUT2D eigenvalue weighted by Gasteiger charge is 2.34. The topological polar surface area (TPSA) is 0 Å². The van der Waals surface area contributed by atoms with Crippen LogP contribution in [-0.2, 0) is 0 Å². The minimum Gasteiger partial charge on any atom is -0.100 e. The molecule has 266 valence electrons. The molecular formula is C43H43B17. The van der Waals surface area contributed by atoms with Gasteiger partial charge in [-0.2, -0.15) is 0 Å². The van der Waals surface area contributed by atoms with Crippen molar-refractivity contribution in [3.8, 4) is 33.4 Å². The van der Waals surface area contributed by atoms with Gasteiger partial charge >= 0.3 is 0 Å². The summed E-state index contributed by atoms with van der Waals surface area (Å²) in [6.07, 6.45) is 0. The van der Waals surface area contributed by atoms with E-state index in [4.69, 9.17) is 0 Å². The summed E-state index contributed by atoms with van der Waals surface area (Å²) >= 11 is 0. The molecule has 17 heteroatoms. The maximum absolute atomic E-state index is 2.58. The molecule has 0 aromatic heterocycles. The summed E-state index contributed by atoms with van der Waals surface area (Å²) in [6, 6.07) is 18.7. The summed E-state index contributed by atoms with van der Waals surface area (Å²) in [5.74, 6) is 0.285. The Bertz CT molecular complexity index is 3480. The van der Waals surface area contributed by atoms with Gasteiger partial charge in [0.1, 0.15) is 133 Å². The smallest absolute Gasteiger partial charge is 0.100 e. The fraction of sp³-hybridized carbons (Fsp3) is 0.0233. The number of hydrogen-bond donors (Lipinski definition) is 0. The molecule has 0 heterocycles. The molecule has 1 aliphatic rings. The molecule has 1 atom stereocenters. The molecule has 9 aromatic carbocycles. The molecule has 0 saturated heterocycles. The van der Waals surface area contributed by atoms with Gasteiger partial charge in [0.05, 0.1) is 0 Å². The number of rotatable bonds is 3. The first-order chi connectivity index (χ1) is 28.4. The van der Waals surface area contributed by atoms with Crippen LogP contribution in [0.5, 0.6) is 0 Å². The molecular weight excluding hydrogens is 700 g/mol. The quantitative estimate of drug-likeness (QED) is 0.125. The van der Waals surface area contributed by atoms with E-state index in [1.54, 1.807) is 0 Å². The van der Waals surface area contributed by atoms with Crippen molar-refractivity contribution < 1.29 is 0 Å². The van der Waals surface area contributed by atoms with Crippen molar-refractivity contribution in [1.82, 2.24) is 0 Å². The fourth-order valence-corrected chi connectivity index (χ4v) is 12.8. The van der Waals surface area contributed by atoms with Gasteiger partial charge in [-0.3, -0.25) is 0 Å². The number of benzene rings is 9. The lowest BCUT2D eigenvalue weighted by molar-refractivity contribution is 1.23. The maximum Gasteiger partial charge on any atom is 0.139 e. The summed E-state index contributed by atoms with van der Waals surface area (Å²) < 4.78 is 0. The van der Waals surface area contributed by atoms with Crippen LogP contribution in [0.1, 0.15) is 16.9 Å². The van der Waals surface area contributed by atoms with Crippen molar-refractivity contribution >= 4 is 275 Å². The van der Waals surface area contributed by atoms with Crippen LogP contribution in [0.2, 0.25) is 0 Å². The van der Waals surface area contributed by atoms with E-state index in [9.17, 15) is 0 Å². The standard InChI is InChI=1S/C43H43B17/c44-27-19-13(28(45)31(48)22-15(19)17-21(27)38(55)42(59)39(56)24(17)36(53)34(22)51)11-6-10(9-4-2-1-3-5-9)7-12(8-11)14-20-16-18-25(33(50)30(20)47)40(57)43(60)41(58)26(18)37(54)35(52)23(16)32(49)29(14)46/h1-8,27H,44-60H2. The third-order valence-corrected chi connectivity index (χ3v) is 16.9. The normalized spacial score (nSPS) is 13.6. The first-order valence-electron chi connectivity index (χ1n) is 22.3. The molecule has 60 heavy (non-hydrogen) atoms. The summed E-state index contributed by atoms with van der Waals surface area (Å²) in [7, 11) is 40.5. The van der Waals surface area contributed by atoms with Crippen molar-refractivity contribution in [2.75, 3.05) is 0 Å². The minimum atomic E-state index is 0.285. The maximum atomic E-state index is 2.58. The summed E-state index contributed by atoms with van der Waals surface area (Å²) in [6.45, 7) is 0. The van der Waals surface area contributed by atoms with Crippen LogP contribution in [0.15, 0.2) is 48.5 Å². The minimum absolute atomic E-state index is 0.285. The van der Waals surface area contributed by atoms with E-state index in [0.29, 0.717) is 0 Å². The van der Waals surface area contributed by atoms with Crippen molar-refractivity contribution in [1.29, 1.82) is 0 Å². The molecule has 10 rings (SSSR count). The van der Waals surface area contributed by atoms with E-state index >= 15 is 0 Å². The Hall–Kier alpha value is -4.36. The van der Waals surface area contributed by atoms with Crippen molar-refractivity contribution in [3.05, 3.63) is 59.7 Å². The lowest BCUT2D eigenvalue weighted by Gasteiger charge is -2.29. The fourth-order valence-electron chi connectivity index (χ4n) is 12.8. The van der Waals surface area contributed by atoms with Crippen LogP contribution in [0.4, 0.5) is 0 Å². The Morgan fingerprint density at radius 1 is 0.250 bits per heavy atom. The third kappa shape index (κ3) is 4.82. The van der Waals surface area contributed by atoms with Crippen LogP contribution < -0.4 is 87.4 Å². The Balaban J connectivity index is 1.40. The third-order valence-electron chi connectivity index (χ3n) is 16.9. The van der Waals surface area contributed by atoms with Gasteiger partial charge in [-0.15, -0.1) is 10.9 Å². The highest BCUT2D eigenvalue weighted by molar-refractivity contribution is 6.75. The van der Waals surface area contributed by atoms with Gasteiger partial charge < -0.3 is 0 Å². The number of hydrogen-bond acceptors (Lipinski definition) is 0. The molecule has 0 fully saturated rings. The van der Waals surface area contributed by atoms with Crippen LogP contribution in [0, 0.1) is 0 Å². The second kappa shape index (κ2) is 13.3. The van der Waals surface area contributed by atoms with Crippen molar-refractivity contribution in [2.24, 2.45) is 0 Å². The monoisotopic (exact) mass is 746 g/mol. The van der Waals surface area contributed by atoms with Gasteiger partial charge in [-0.05, 0) is 122 Å². The predicted octanol–water partition coefficient (Wildman–Crippen LogP) is -16.9. The molecule has 0 aliphatic heterocycles. The zero-order chi connectivity index (χ0) is 42.9. The van der Waals surface area contributed by atoms with Crippen LogP contribution in [-0.4, -0.2) is 133 Å². The van der Waals surface area contributed by atoms with E-state index in [1.165, 1.54) is 186 Å². The molecule has 0 N–H and O–H groups in total. The van der Waals surface area contributed by atoms with E-state index in [-0.39, 0.29) is 5.82 Å². The molecule has 1 unspecified atom stereocenters. The highest BCUT2D eigenvalue weighted by atomic mass is 14.3. The average molecular weight is 744 g/mol. The molecule has 0 spiro atoms. The largest absolute Gasteiger partial charge is 0.139 e. The van der Waals surface area contributed by atoms with Crippen molar-refractivity contribution in [2.45, 2.75) is 5.82 Å². The van der Waals surface area contributed by atoms with Gasteiger partial charge in [0, 0.05) is 0 Å². The molecule has 1 aliphatic carbocycles. The predicted molar refractivity (Wildman–Crippen MR) is 323 cm³/mol. The van der Waals surface area contributed by atoms with Gasteiger partial charge in [0.15, 0.2) is 0 Å². The van der Waals surface area contributed by atoms with Gasteiger partial charge in [-0.1, -0.05) is 107 Å². The van der Waals surface area contributed by atoms with E-state index in [2.05, 4.69) is 182 Å². The lowest BCUT2D eigenvalue weighted by atomic mass is 9.58. The molecule has 0 nitrogen and oxygen atoms in total. The van der Waals surface area contributed by atoms with Gasteiger partial charge in [0.25, 0.3) is 0 Å². The zero-order valence-corrected chi connectivity index (χ0v) is 39.2. The first kappa shape index (κ1) is 39.8. The lowest BCUT2D eigenvalue weighted by Crippen LogP contribution is -2.48. The molecule has 0 amide bonds. The second-order valence-corrected chi connectivity index (χ2v) is 19.2. The summed E-state index contributed by atoms with van der Waals surface area (Å²) in [4.78, 5) is 0. The Morgan fingerprint density at radius 3 is 1.08 bits per heavy atom. The molecule has 0 radical (unpaired) electrons. The summed E-state index contributed by atoms with van der Waals surface area (Å²) in [5, 5.41) is 14.7. The van der Waals surface area contributed by atoms with E-state index in [0.717, 1.165) is 0 Å². The van der Waals surface area contributed by atoms with Crippen molar-refractivity contribution in [3.63, 3.8) is 0 Å². The Morgan fingerprint density at radius 2 is 0.583 bits per heavy atom. The average Bonchev–Trinajstić information content (AvgIpc) is 3.52. The van der Waals surface area contributed by atoms with Gasteiger partial charge in [0.2, 0.25) is 0 Å². The van der Waals surface area contributed by atoms with Crippen LogP contribution in [0.3, 0.4) is 0 Å². The zero-order valence-electron chi connectivity index (χ0n) is 39.2.